The summed E-state index contributed by atoms with van der Waals surface area (Å²) in [6.45, 7) is 8.33. The molecule has 0 bridgehead atoms. The molecule has 0 aromatic carbocycles. The number of rotatable bonds is 4. The van der Waals surface area contributed by atoms with Crippen molar-refractivity contribution in [3.8, 4) is 0 Å². The second-order valence-corrected chi connectivity index (χ2v) is 6.85. The zero-order valence-electron chi connectivity index (χ0n) is 11.2. The third-order valence-corrected chi connectivity index (χ3v) is 5.57. The van der Waals surface area contributed by atoms with E-state index >= 15 is 0 Å². The van der Waals surface area contributed by atoms with Crippen molar-refractivity contribution in [1.29, 1.82) is 0 Å². The van der Waals surface area contributed by atoms with Gasteiger partial charge >= 0.3 is 0 Å². The smallest absolute Gasteiger partial charge is 0.0702 e. The normalized spacial score (nSPS) is 39.7. The van der Waals surface area contributed by atoms with Crippen molar-refractivity contribution in [3.63, 3.8) is 0 Å². The summed E-state index contributed by atoms with van der Waals surface area (Å²) in [5, 5.41) is 0.756. The van der Waals surface area contributed by atoms with Gasteiger partial charge in [0.1, 0.15) is 0 Å². The highest BCUT2D eigenvalue weighted by molar-refractivity contribution is 8.00. The predicted molar refractivity (Wildman–Crippen MR) is 74.5 cm³/mol. The highest BCUT2D eigenvalue weighted by Crippen LogP contribution is 2.39. The standard InChI is InChI=1S/C13H26N2OS/c1-3-16-12-5-4-6-15(8-12)13(9-14)7-11(2)17-10-13/h11-12H,3-10,14H2,1-2H3. The second-order valence-electron chi connectivity index (χ2n) is 5.42. The molecule has 0 saturated carbocycles. The van der Waals surface area contributed by atoms with E-state index in [0.29, 0.717) is 6.10 Å². The van der Waals surface area contributed by atoms with Crippen LogP contribution in [0.5, 0.6) is 0 Å². The number of piperidine rings is 1. The van der Waals surface area contributed by atoms with Crippen LogP contribution >= 0.6 is 11.8 Å². The van der Waals surface area contributed by atoms with Gasteiger partial charge in [0, 0.05) is 36.2 Å². The maximum Gasteiger partial charge on any atom is 0.0702 e. The van der Waals surface area contributed by atoms with E-state index in [9.17, 15) is 0 Å². The Morgan fingerprint density at radius 2 is 2.35 bits per heavy atom. The molecule has 2 N–H and O–H groups in total. The highest BCUT2D eigenvalue weighted by atomic mass is 32.2. The van der Waals surface area contributed by atoms with E-state index in [1.54, 1.807) is 0 Å². The molecule has 3 unspecified atom stereocenters. The summed E-state index contributed by atoms with van der Waals surface area (Å²) in [5.41, 5.74) is 6.34. The van der Waals surface area contributed by atoms with Crippen molar-refractivity contribution in [3.05, 3.63) is 0 Å². The summed E-state index contributed by atoms with van der Waals surface area (Å²) in [6, 6.07) is 0. The summed E-state index contributed by atoms with van der Waals surface area (Å²) in [6.07, 6.45) is 4.14. The first-order valence-electron chi connectivity index (χ1n) is 6.88. The molecule has 2 aliphatic rings. The van der Waals surface area contributed by atoms with Gasteiger partial charge in [-0.2, -0.15) is 11.8 Å². The van der Waals surface area contributed by atoms with Crippen molar-refractivity contribution in [2.45, 2.75) is 50.0 Å². The minimum absolute atomic E-state index is 0.250. The minimum atomic E-state index is 0.250. The molecule has 4 heteroatoms. The number of likely N-dealkylation sites (tertiary alicyclic amines) is 1. The fraction of sp³-hybridized carbons (Fsp3) is 1.00. The third kappa shape index (κ3) is 2.98. The summed E-state index contributed by atoms with van der Waals surface area (Å²) in [4.78, 5) is 2.62. The lowest BCUT2D eigenvalue weighted by molar-refractivity contribution is -0.0270. The molecule has 0 aliphatic carbocycles. The molecule has 0 spiro atoms. The molecule has 0 radical (unpaired) electrons. The summed E-state index contributed by atoms with van der Waals surface area (Å²) < 4.78 is 5.80. The van der Waals surface area contributed by atoms with Gasteiger partial charge in [0.05, 0.1) is 6.10 Å². The maximum absolute atomic E-state index is 6.09. The van der Waals surface area contributed by atoms with Crippen LogP contribution in [0.15, 0.2) is 0 Å². The average molecular weight is 258 g/mol. The Bertz CT molecular complexity index is 250. The van der Waals surface area contributed by atoms with Gasteiger partial charge < -0.3 is 10.5 Å². The molecule has 3 atom stereocenters. The molecule has 100 valence electrons. The van der Waals surface area contributed by atoms with E-state index in [0.717, 1.165) is 24.9 Å². The summed E-state index contributed by atoms with van der Waals surface area (Å²) in [5.74, 6) is 1.20. The van der Waals surface area contributed by atoms with Gasteiger partial charge in [0.25, 0.3) is 0 Å². The van der Waals surface area contributed by atoms with Gasteiger partial charge in [0.15, 0.2) is 0 Å². The van der Waals surface area contributed by atoms with Crippen LogP contribution in [0.1, 0.15) is 33.1 Å². The average Bonchev–Trinajstić information content (AvgIpc) is 2.73. The van der Waals surface area contributed by atoms with Gasteiger partial charge in [-0.3, -0.25) is 4.90 Å². The quantitative estimate of drug-likeness (QED) is 0.833. The number of hydrogen-bond donors (Lipinski definition) is 1. The van der Waals surface area contributed by atoms with E-state index in [1.165, 1.54) is 31.6 Å². The monoisotopic (exact) mass is 258 g/mol. The Balaban J connectivity index is 1.99. The molecule has 0 aromatic heterocycles. The van der Waals surface area contributed by atoms with Crippen LogP contribution in [-0.2, 0) is 4.74 Å². The van der Waals surface area contributed by atoms with Crippen molar-refractivity contribution >= 4 is 11.8 Å². The van der Waals surface area contributed by atoms with Gasteiger partial charge in [-0.05, 0) is 32.7 Å². The van der Waals surface area contributed by atoms with E-state index < -0.39 is 0 Å². The largest absolute Gasteiger partial charge is 0.377 e. The van der Waals surface area contributed by atoms with Gasteiger partial charge in [0.2, 0.25) is 0 Å². The molecule has 17 heavy (non-hydrogen) atoms. The first-order valence-corrected chi connectivity index (χ1v) is 7.93. The Morgan fingerprint density at radius 1 is 1.53 bits per heavy atom. The molecule has 2 aliphatic heterocycles. The van der Waals surface area contributed by atoms with E-state index in [-0.39, 0.29) is 5.54 Å². The Labute approximate surface area is 109 Å². The van der Waals surface area contributed by atoms with Crippen molar-refractivity contribution in [2.24, 2.45) is 5.73 Å². The molecular weight excluding hydrogens is 232 g/mol. The van der Waals surface area contributed by atoms with Crippen LogP contribution in [0, 0.1) is 0 Å². The Hall–Kier alpha value is 0.230. The molecule has 0 aromatic rings. The SMILES string of the molecule is CCOC1CCCN(C2(CN)CSC(C)C2)C1. The van der Waals surface area contributed by atoms with Crippen LogP contribution < -0.4 is 5.73 Å². The molecule has 2 saturated heterocycles. The predicted octanol–water partition coefficient (Wildman–Crippen LogP) is 1.71. The van der Waals surface area contributed by atoms with Crippen LogP contribution in [-0.4, -0.2) is 53.8 Å². The molecule has 2 heterocycles. The van der Waals surface area contributed by atoms with Gasteiger partial charge in [-0.25, -0.2) is 0 Å². The molecule has 2 rings (SSSR count). The van der Waals surface area contributed by atoms with E-state index in [4.69, 9.17) is 10.5 Å². The first-order chi connectivity index (χ1) is 8.20. The molecule has 2 fully saturated rings. The van der Waals surface area contributed by atoms with Crippen LogP contribution in [0.3, 0.4) is 0 Å². The Kier molecular flexibility index (Phi) is 4.75. The van der Waals surface area contributed by atoms with Crippen molar-refractivity contribution < 1.29 is 4.74 Å². The fourth-order valence-electron chi connectivity index (χ4n) is 3.18. The molecular formula is C13H26N2OS. The zero-order valence-corrected chi connectivity index (χ0v) is 12.0. The lowest BCUT2D eigenvalue weighted by atomic mass is 9.91. The lowest BCUT2D eigenvalue weighted by Crippen LogP contribution is -2.58. The Morgan fingerprint density at radius 3 is 2.94 bits per heavy atom. The summed E-state index contributed by atoms with van der Waals surface area (Å²) in [7, 11) is 0. The van der Waals surface area contributed by atoms with Crippen LogP contribution in [0.25, 0.3) is 0 Å². The van der Waals surface area contributed by atoms with Crippen molar-refractivity contribution in [1.82, 2.24) is 4.90 Å². The number of nitrogens with zero attached hydrogens (tertiary/aromatic N) is 1. The third-order valence-electron chi connectivity index (χ3n) is 4.14. The van der Waals surface area contributed by atoms with Gasteiger partial charge in [-0.1, -0.05) is 6.92 Å². The topological polar surface area (TPSA) is 38.5 Å². The summed E-state index contributed by atoms with van der Waals surface area (Å²) >= 11 is 2.07. The number of thioether (sulfide) groups is 1. The maximum atomic E-state index is 6.09. The zero-order chi connectivity index (χ0) is 12.3. The number of ether oxygens (including phenoxy) is 1. The van der Waals surface area contributed by atoms with E-state index in [1.807, 2.05) is 0 Å². The molecule has 3 nitrogen and oxygen atoms in total. The van der Waals surface area contributed by atoms with Crippen LogP contribution in [0.4, 0.5) is 0 Å². The van der Waals surface area contributed by atoms with Crippen molar-refractivity contribution in [2.75, 3.05) is 32.0 Å². The minimum Gasteiger partial charge on any atom is -0.377 e. The fourth-order valence-corrected chi connectivity index (χ4v) is 4.62. The van der Waals surface area contributed by atoms with Gasteiger partial charge in [-0.15, -0.1) is 0 Å². The lowest BCUT2D eigenvalue weighted by Gasteiger charge is -2.44. The highest BCUT2D eigenvalue weighted by Gasteiger charge is 2.43. The first kappa shape index (κ1) is 13.7. The molecule has 0 amide bonds. The number of nitrogens with two attached hydrogens (primary N) is 1. The number of hydrogen-bond acceptors (Lipinski definition) is 4. The second kappa shape index (κ2) is 5.91. The van der Waals surface area contributed by atoms with Crippen LogP contribution in [0.2, 0.25) is 0 Å². The van der Waals surface area contributed by atoms with E-state index in [2.05, 4.69) is 30.5 Å².